The van der Waals surface area contributed by atoms with E-state index in [2.05, 4.69) is 0 Å². The molecule has 0 radical (unpaired) electrons. The Morgan fingerprint density at radius 2 is 2.00 bits per heavy atom. The highest BCUT2D eigenvalue weighted by Crippen LogP contribution is 2.28. The summed E-state index contributed by atoms with van der Waals surface area (Å²) in [4.78, 5) is 13.6. The molecule has 19 heavy (non-hydrogen) atoms. The normalized spacial score (nSPS) is 19.3. The Morgan fingerprint density at radius 1 is 1.42 bits per heavy atom. The minimum atomic E-state index is -0.463. The van der Waals surface area contributed by atoms with Crippen LogP contribution in [0.3, 0.4) is 0 Å². The van der Waals surface area contributed by atoms with Gasteiger partial charge in [0, 0.05) is 13.1 Å². The van der Waals surface area contributed by atoms with Gasteiger partial charge in [0.25, 0.3) is 0 Å². The van der Waals surface area contributed by atoms with Crippen LogP contribution >= 0.6 is 0 Å². The summed E-state index contributed by atoms with van der Waals surface area (Å²) >= 11 is 0. The molecular formula is C14H27FN2O2. The fraction of sp³-hybridized carbons (Fsp3) is 0.929. The van der Waals surface area contributed by atoms with Gasteiger partial charge >= 0.3 is 6.09 Å². The number of rotatable bonds is 4. The molecule has 0 aromatic rings. The molecule has 1 saturated heterocycles. The van der Waals surface area contributed by atoms with Crippen molar-refractivity contribution in [1.29, 1.82) is 0 Å². The third kappa shape index (κ3) is 5.35. The maximum Gasteiger partial charge on any atom is 0.410 e. The van der Waals surface area contributed by atoms with E-state index in [-0.39, 0.29) is 18.7 Å². The Labute approximate surface area is 115 Å². The number of amides is 1. The average molecular weight is 274 g/mol. The van der Waals surface area contributed by atoms with Gasteiger partial charge in [-0.05, 0) is 58.4 Å². The number of ether oxygens (including phenoxy) is 1. The van der Waals surface area contributed by atoms with E-state index in [1.54, 1.807) is 4.90 Å². The van der Waals surface area contributed by atoms with Gasteiger partial charge in [0.15, 0.2) is 0 Å². The summed E-state index contributed by atoms with van der Waals surface area (Å²) in [5, 5.41) is 0. The summed E-state index contributed by atoms with van der Waals surface area (Å²) in [6, 6.07) is 0. The molecule has 0 spiro atoms. The van der Waals surface area contributed by atoms with Gasteiger partial charge in [0.2, 0.25) is 0 Å². The Morgan fingerprint density at radius 3 is 2.42 bits per heavy atom. The monoisotopic (exact) mass is 274 g/mol. The van der Waals surface area contributed by atoms with Crippen LogP contribution in [-0.4, -0.2) is 42.9 Å². The molecule has 1 amide bonds. The highest BCUT2D eigenvalue weighted by molar-refractivity contribution is 5.68. The van der Waals surface area contributed by atoms with E-state index in [1.807, 2.05) is 20.8 Å². The minimum absolute atomic E-state index is 0.0470. The standard InChI is InChI=1S/C14H27FN2O2/c1-14(2,3)19-13(18)17-8-5-11(6-9-17)12(10-15)4-7-16/h11-12H,4-10,16H2,1-3H3. The summed E-state index contributed by atoms with van der Waals surface area (Å²) in [7, 11) is 0. The maximum atomic E-state index is 12.9. The molecule has 4 nitrogen and oxygen atoms in total. The number of carbonyl (C=O) groups excluding carboxylic acids is 1. The number of likely N-dealkylation sites (tertiary alicyclic amines) is 1. The first-order chi connectivity index (χ1) is 8.87. The predicted molar refractivity (Wildman–Crippen MR) is 73.7 cm³/mol. The van der Waals surface area contributed by atoms with Crippen LogP contribution in [0.1, 0.15) is 40.0 Å². The predicted octanol–water partition coefficient (Wildman–Crippen LogP) is 2.57. The van der Waals surface area contributed by atoms with Crippen LogP contribution in [0.5, 0.6) is 0 Å². The summed E-state index contributed by atoms with van der Waals surface area (Å²) < 4.78 is 18.3. The smallest absolute Gasteiger partial charge is 0.410 e. The molecular weight excluding hydrogens is 247 g/mol. The molecule has 1 aliphatic rings. The molecule has 0 aromatic heterocycles. The molecule has 0 saturated carbocycles. The third-order valence-corrected chi connectivity index (χ3v) is 3.59. The van der Waals surface area contributed by atoms with Gasteiger partial charge in [-0.25, -0.2) is 4.79 Å². The number of alkyl halides is 1. The molecule has 1 heterocycles. The van der Waals surface area contributed by atoms with Crippen LogP contribution in [0.2, 0.25) is 0 Å². The van der Waals surface area contributed by atoms with E-state index in [0.29, 0.717) is 25.6 Å². The molecule has 2 N–H and O–H groups in total. The van der Waals surface area contributed by atoms with Crippen LogP contribution in [0, 0.1) is 11.8 Å². The SMILES string of the molecule is CC(C)(C)OC(=O)N1CCC(C(CF)CCN)CC1. The van der Waals surface area contributed by atoms with Crippen molar-refractivity contribution in [3.05, 3.63) is 0 Å². The van der Waals surface area contributed by atoms with Crippen LogP contribution in [0.25, 0.3) is 0 Å². The first-order valence-corrected chi connectivity index (χ1v) is 7.11. The molecule has 1 atom stereocenters. The zero-order valence-electron chi connectivity index (χ0n) is 12.3. The lowest BCUT2D eigenvalue weighted by atomic mass is 9.83. The van der Waals surface area contributed by atoms with Gasteiger partial charge in [-0.2, -0.15) is 0 Å². The van der Waals surface area contributed by atoms with Crippen LogP contribution in [-0.2, 0) is 4.74 Å². The molecule has 0 bridgehead atoms. The number of carbonyl (C=O) groups is 1. The van der Waals surface area contributed by atoms with Crippen molar-refractivity contribution >= 4 is 6.09 Å². The first kappa shape index (κ1) is 16.2. The second-order valence-electron chi connectivity index (χ2n) is 6.30. The van der Waals surface area contributed by atoms with Gasteiger partial charge in [0.1, 0.15) is 5.60 Å². The molecule has 112 valence electrons. The van der Waals surface area contributed by atoms with Crippen LogP contribution in [0.4, 0.5) is 9.18 Å². The Hall–Kier alpha value is -0.840. The van der Waals surface area contributed by atoms with E-state index >= 15 is 0 Å². The quantitative estimate of drug-likeness (QED) is 0.857. The Kier molecular flexibility index (Phi) is 6.04. The topological polar surface area (TPSA) is 55.6 Å². The molecule has 0 aromatic carbocycles. The molecule has 5 heteroatoms. The second-order valence-corrected chi connectivity index (χ2v) is 6.30. The average Bonchev–Trinajstić information content (AvgIpc) is 2.34. The molecule has 1 unspecified atom stereocenters. The Balaban J connectivity index is 2.42. The van der Waals surface area contributed by atoms with Gasteiger partial charge in [-0.1, -0.05) is 0 Å². The van der Waals surface area contributed by atoms with E-state index in [9.17, 15) is 9.18 Å². The largest absolute Gasteiger partial charge is 0.444 e. The minimum Gasteiger partial charge on any atom is -0.444 e. The Bertz CT molecular complexity index is 284. The number of hydrogen-bond donors (Lipinski definition) is 1. The van der Waals surface area contributed by atoms with E-state index in [4.69, 9.17) is 10.5 Å². The third-order valence-electron chi connectivity index (χ3n) is 3.59. The van der Waals surface area contributed by atoms with Gasteiger partial charge in [0.05, 0.1) is 6.67 Å². The number of hydrogen-bond acceptors (Lipinski definition) is 3. The van der Waals surface area contributed by atoms with Crippen LogP contribution < -0.4 is 5.73 Å². The zero-order valence-corrected chi connectivity index (χ0v) is 12.3. The van der Waals surface area contributed by atoms with Crippen LogP contribution in [0.15, 0.2) is 0 Å². The first-order valence-electron chi connectivity index (χ1n) is 7.11. The van der Waals surface area contributed by atoms with Crippen molar-refractivity contribution in [3.63, 3.8) is 0 Å². The number of nitrogens with two attached hydrogens (primary N) is 1. The fourth-order valence-electron chi connectivity index (χ4n) is 2.53. The second kappa shape index (κ2) is 7.08. The summed E-state index contributed by atoms with van der Waals surface area (Å²) in [6.07, 6.45) is 2.15. The van der Waals surface area contributed by atoms with Crippen molar-refractivity contribution in [1.82, 2.24) is 4.90 Å². The zero-order chi connectivity index (χ0) is 14.5. The number of piperidine rings is 1. The van der Waals surface area contributed by atoms with Gasteiger partial charge in [-0.15, -0.1) is 0 Å². The molecule has 1 rings (SSSR count). The van der Waals surface area contributed by atoms with Crippen molar-refractivity contribution in [2.45, 2.75) is 45.6 Å². The fourth-order valence-corrected chi connectivity index (χ4v) is 2.53. The lowest BCUT2D eigenvalue weighted by Gasteiger charge is -2.36. The summed E-state index contributed by atoms with van der Waals surface area (Å²) in [5.41, 5.74) is 5.04. The van der Waals surface area contributed by atoms with Crippen molar-refractivity contribution in [2.75, 3.05) is 26.3 Å². The highest BCUT2D eigenvalue weighted by atomic mass is 19.1. The maximum absolute atomic E-state index is 12.9. The van der Waals surface area contributed by atoms with Crippen molar-refractivity contribution in [3.8, 4) is 0 Å². The molecule has 1 fully saturated rings. The number of halogens is 1. The number of nitrogens with zero attached hydrogens (tertiary/aromatic N) is 1. The van der Waals surface area contributed by atoms with Gasteiger partial charge < -0.3 is 15.4 Å². The van der Waals surface area contributed by atoms with Crippen molar-refractivity contribution < 1.29 is 13.9 Å². The summed E-state index contributed by atoms with van der Waals surface area (Å²) in [5.74, 6) is 0.387. The lowest BCUT2D eigenvalue weighted by molar-refractivity contribution is 0.0151. The van der Waals surface area contributed by atoms with E-state index in [0.717, 1.165) is 19.3 Å². The highest BCUT2D eigenvalue weighted by Gasteiger charge is 2.30. The van der Waals surface area contributed by atoms with E-state index < -0.39 is 5.60 Å². The molecule has 0 aliphatic carbocycles. The van der Waals surface area contributed by atoms with Crippen molar-refractivity contribution in [2.24, 2.45) is 17.6 Å². The van der Waals surface area contributed by atoms with Gasteiger partial charge in [-0.3, -0.25) is 4.39 Å². The van der Waals surface area contributed by atoms with E-state index in [1.165, 1.54) is 0 Å². The summed E-state index contributed by atoms with van der Waals surface area (Å²) in [6.45, 7) is 7.10. The molecule has 1 aliphatic heterocycles. The lowest BCUT2D eigenvalue weighted by Crippen LogP contribution is -2.43.